The van der Waals surface area contributed by atoms with Crippen LogP contribution in [0, 0.1) is 0 Å². The van der Waals surface area contributed by atoms with E-state index in [1.165, 1.54) is 12.5 Å². The average molecular weight is 330 g/mol. The van der Waals surface area contributed by atoms with Crippen molar-refractivity contribution in [1.82, 2.24) is 19.6 Å². The Bertz CT molecular complexity index is 666. The molecule has 2 amide bonds. The van der Waals surface area contributed by atoms with E-state index in [9.17, 15) is 9.59 Å². The fraction of sp³-hybridized carbons (Fsp3) is 0.471. The van der Waals surface area contributed by atoms with Crippen molar-refractivity contribution in [3.8, 4) is 0 Å². The topological polar surface area (TPSA) is 71.6 Å². The maximum absolute atomic E-state index is 12.8. The Balaban J connectivity index is 1.64. The molecule has 1 unspecified atom stereocenters. The Kier molecular flexibility index (Phi) is 4.98. The molecule has 1 saturated heterocycles. The highest BCUT2D eigenvalue weighted by molar-refractivity contribution is 5.93. The monoisotopic (exact) mass is 330 g/mol. The Morgan fingerprint density at radius 2 is 2.04 bits per heavy atom. The lowest BCUT2D eigenvalue weighted by Gasteiger charge is -2.26. The van der Waals surface area contributed by atoms with Crippen molar-refractivity contribution in [2.24, 2.45) is 0 Å². The summed E-state index contributed by atoms with van der Waals surface area (Å²) in [6, 6.07) is 3.21. The SMILES string of the molecule is CCC(C(=O)N1CCCN(C(=O)c2ccoc2)CC1)n1cccn1. The molecule has 0 spiro atoms. The minimum absolute atomic E-state index is 0.0443. The highest BCUT2D eigenvalue weighted by Gasteiger charge is 2.28. The van der Waals surface area contributed by atoms with E-state index < -0.39 is 0 Å². The van der Waals surface area contributed by atoms with E-state index in [-0.39, 0.29) is 17.9 Å². The molecule has 0 aliphatic carbocycles. The average Bonchev–Trinajstić information content (AvgIpc) is 3.25. The van der Waals surface area contributed by atoms with Gasteiger partial charge in [-0.2, -0.15) is 5.10 Å². The molecule has 1 aliphatic heterocycles. The summed E-state index contributed by atoms with van der Waals surface area (Å²) in [7, 11) is 0. The fourth-order valence-corrected chi connectivity index (χ4v) is 3.06. The van der Waals surface area contributed by atoms with E-state index in [2.05, 4.69) is 5.10 Å². The van der Waals surface area contributed by atoms with Crippen LogP contribution < -0.4 is 0 Å². The number of hydrogen-bond acceptors (Lipinski definition) is 4. The number of hydrogen-bond donors (Lipinski definition) is 0. The number of nitrogens with zero attached hydrogens (tertiary/aromatic N) is 4. The third-order valence-corrected chi connectivity index (χ3v) is 4.38. The van der Waals surface area contributed by atoms with Crippen LogP contribution >= 0.6 is 0 Å². The fourth-order valence-electron chi connectivity index (χ4n) is 3.06. The first-order valence-corrected chi connectivity index (χ1v) is 8.30. The van der Waals surface area contributed by atoms with E-state index in [4.69, 9.17) is 4.42 Å². The Morgan fingerprint density at radius 1 is 1.25 bits per heavy atom. The number of amides is 2. The van der Waals surface area contributed by atoms with Crippen LogP contribution in [0.4, 0.5) is 0 Å². The van der Waals surface area contributed by atoms with Gasteiger partial charge in [0.1, 0.15) is 12.3 Å². The maximum atomic E-state index is 12.8. The van der Waals surface area contributed by atoms with Gasteiger partial charge in [0.15, 0.2) is 0 Å². The molecule has 0 aromatic carbocycles. The molecule has 2 aromatic heterocycles. The lowest BCUT2D eigenvalue weighted by Crippen LogP contribution is -2.40. The summed E-state index contributed by atoms with van der Waals surface area (Å²) in [6.07, 6.45) is 7.92. The third kappa shape index (κ3) is 3.34. The van der Waals surface area contributed by atoms with Crippen LogP contribution in [0.25, 0.3) is 0 Å². The molecule has 128 valence electrons. The first-order valence-electron chi connectivity index (χ1n) is 8.30. The van der Waals surface area contributed by atoms with Crippen LogP contribution in [-0.4, -0.2) is 57.6 Å². The first-order chi connectivity index (χ1) is 11.7. The second kappa shape index (κ2) is 7.33. The lowest BCUT2D eigenvalue weighted by molar-refractivity contribution is -0.135. The van der Waals surface area contributed by atoms with Gasteiger partial charge >= 0.3 is 0 Å². The highest BCUT2D eigenvalue weighted by Crippen LogP contribution is 2.16. The van der Waals surface area contributed by atoms with Crippen molar-refractivity contribution in [3.63, 3.8) is 0 Å². The Labute approximate surface area is 140 Å². The number of aromatic nitrogens is 2. The summed E-state index contributed by atoms with van der Waals surface area (Å²) in [6.45, 7) is 4.36. The van der Waals surface area contributed by atoms with Crippen LogP contribution in [0.3, 0.4) is 0 Å². The summed E-state index contributed by atoms with van der Waals surface area (Å²) in [5.74, 6) is 0.0241. The standard InChI is InChI=1S/C17H22N4O3/c1-2-15(21-9-3-6-18-21)17(23)20-8-4-7-19(10-11-20)16(22)14-5-12-24-13-14/h3,5-6,9,12-13,15H,2,4,7-8,10-11H2,1H3. The molecule has 7 nitrogen and oxygen atoms in total. The number of furan rings is 1. The van der Waals surface area contributed by atoms with Gasteiger partial charge in [0.2, 0.25) is 5.91 Å². The molecule has 0 saturated carbocycles. The van der Waals surface area contributed by atoms with Crippen molar-refractivity contribution in [2.45, 2.75) is 25.8 Å². The molecule has 0 N–H and O–H groups in total. The summed E-state index contributed by atoms with van der Waals surface area (Å²) >= 11 is 0. The number of carbonyl (C=O) groups excluding carboxylic acids is 2. The second-order valence-electron chi connectivity index (χ2n) is 5.89. The molecule has 7 heteroatoms. The zero-order valence-electron chi connectivity index (χ0n) is 13.8. The predicted molar refractivity (Wildman–Crippen MR) is 87.4 cm³/mol. The molecule has 1 fully saturated rings. The van der Waals surface area contributed by atoms with Gasteiger partial charge < -0.3 is 14.2 Å². The predicted octanol–water partition coefficient (Wildman–Crippen LogP) is 1.80. The minimum atomic E-state index is -0.281. The Hall–Kier alpha value is -2.57. The van der Waals surface area contributed by atoms with E-state index in [0.29, 0.717) is 38.2 Å². The molecule has 24 heavy (non-hydrogen) atoms. The molecular weight excluding hydrogens is 308 g/mol. The molecule has 1 aliphatic rings. The van der Waals surface area contributed by atoms with E-state index >= 15 is 0 Å². The van der Waals surface area contributed by atoms with E-state index in [1.807, 2.05) is 24.1 Å². The van der Waals surface area contributed by atoms with Crippen LogP contribution in [0.15, 0.2) is 41.5 Å². The van der Waals surface area contributed by atoms with E-state index in [1.54, 1.807) is 21.8 Å². The molecule has 2 aromatic rings. The maximum Gasteiger partial charge on any atom is 0.257 e. The van der Waals surface area contributed by atoms with Gasteiger partial charge in [0.05, 0.1) is 11.8 Å². The lowest BCUT2D eigenvalue weighted by atomic mass is 10.2. The van der Waals surface area contributed by atoms with Crippen molar-refractivity contribution >= 4 is 11.8 Å². The smallest absolute Gasteiger partial charge is 0.257 e. The van der Waals surface area contributed by atoms with Gasteiger partial charge in [-0.3, -0.25) is 14.3 Å². The van der Waals surface area contributed by atoms with Crippen molar-refractivity contribution in [3.05, 3.63) is 42.6 Å². The number of carbonyl (C=O) groups is 2. The summed E-state index contributed by atoms with van der Waals surface area (Å²) in [5.41, 5.74) is 0.553. The third-order valence-electron chi connectivity index (χ3n) is 4.38. The van der Waals surface area contributed by atoms with Gasteiger partial charge in [0, 0.05) is 38.6 Å². The Morgan fingerprint density at radius 3 is 2.71 bits per heavy atom. The second-order valence-corrected chi connectivity index (χ2v) is 5.89. The van der Waals surface area contributed by atoms with Gasteiger partial charge in [-0.15, -0.1) is 0 Å². The molecule has 0 bridgehead atoms. The zero-order chi connectivity index (χ0) is 16.9. The summed E-state index contributed by atoms with van der Waals surface area (Å²) < 4.78 is 6.69. The molecule has 3 rings (SSSR count). The summed E-state index contributed by atoms with van der Waals surface area (Å²) in [5, 5.41) is 4.20. The minimum Gasteiger partial charge on any atom is -0.472 e. The normalized spacial score (nSPS) is 16.7. The van der Waals surface area contributed by atoms with Crippen LogP contribution in [0.5, 0.6) is 0 Å². The van der Waals surface area contributed by atoms with Crippen molar-refractivity contribution in [1.29, 1.82) is 0 Å². The highest BCUT2D eigenvalue weighted by atomic mass is 16.3. The van der Waals surface area contributed by atoms with Gasteiger partial charge in [0.25, 0.3) is 5.91 Å². The van der Waals surface area contributed by atoms with Crippen molar-refractivity contribution in [2.75, 3.05) is 26.2 Å². The largest absolute Gasteiger partial charge is 0.472 e. The van der Waals surface area contributed by atoms with Crippen LogP contribution in [-0.2, 0) is 4.79 Å². The molecule has 3 heterocycles. The van der Waals surface area contributed by atoms with Crippen molar-refractivity contribution < 1.29 is 14.0 Å². The quantitative estimate of drug-likeness (QED) is 0.857. The van der Waals surface area contributed by atoms with Crippen LogP contribution in [0.2, 0.25) is 0 Å². The molecule has 0 radical (unpaired) electrons. The first kappa shape index (κ1) is 16.3. The van der Waals surface area contributed by atoms with Gasteiger partial charge in [-0.05, 0) is 25.0 Å². The summed E-state index contributed by atoms with van der Waals surface area (Å²) in [4.78, 5) is 28.9. The molecular formula is C17H22N4O3. The van der Waals surface area contributed by atoms with Crippen LogP contribution in [0.1, 0.15) is 36.2 Å². The van der Waals surface area contributed by atoms with Gasteiger partial charge in [-0.1, -0.05) is 6.92 Å². The number of rotatable bonds is 4. The van der Waals surface area contributed by atoms with E-state index in [0.717, 1.165) is 6.42 Å². The van der Waals surface area contributed by atoms with Gasteiger partial charge in [-0.25, -0.2) is 0 Å². The molecule has 1 atom stereocenters. The zero-order valence-corrected chi connectivity index (χ0v) is 13.8.